The van der Waals surface area contributed by atoms with Gasteiger partial charge in [-0.2, -0.15) is 5.10 Å². The molecule has 1 N–H and O–H groups in total. The molecule has 1 saturated heterocycles. The van der Waals surface area contributed by atoms with E-state index in [0.717, 1.165) is 37.3 Å². The Kier molecular flexibility index (Phi) is 4.58. The van der Waals surface area contributed by atoms with E-state index in [1.165, 1.54) is 21.0 Å². The van der Waals surface area contributed by atoms with E-state index >= 15 is 0 Å². The van der Waals surface area contributed by atoms with Gasteiger partial charge in [-0.15, -0.1) is 11.3 Å². The highest BCUT2D eigenvalue weighted by Crippen LogP contribution is 2.40. The largest absolute Gasteiger partial charge is 0.326 e. The summed E-state index contributed by atoms with van der Waals surface area (Å²) in [7, 11) is 2.20. The van der Waals surface area contributed by atoms with E-state index in [2.05, 4.69) is 69.2 Å². The van der Waals surface area contributed by atoms with Gasteiger partial charge in [0.2, 0.25) is 0 Å². The molecule has 3 aromatic heterocycles. The number of hydrogen-bond donors (Lipinski definition) is 1. The van der Waals surface area contributed by atoms with Gasteiger partial charge in [0, 0.05) is 17.8 Å². The fourth-order valence-electron chi connectivity index (χ4n) is 3.97. The highest BCUT2D eigenvalue weighted by molar-refractivity contribution is 7.18. The van der Waals surface area contributed by atoms with Crippen LogP contribution in [-0.4, -0.2) is 44.8 Å². The number of hydrogen-bond acceptors (Lipinski definition) is 4. The predicted octanol–water partition coefficient (Wildman–Crippen LogP) is 4.94. The lowest BCUT2D eigenvalue weighted by molar-refractivity contribution is 0.222. The van der Waals surface area contributed by atoms with Crippen LogP contribution in [-0.2, 0) is 0 Å². The van der Waals surface area contributed by atoms with Crippen molar-refractivity contribution in [2.24, 2.45) is 0 Å². The number of H-pyrrole nitrogens is 1. The third-order valence-corrected chi connectivity index (χ3v) is 6.65. The van der Waals surface area contributed by atoms with Gasteiger partial charge < -0.3 is 9.47 Å². The molecule has 6 heteroatoms. The van der Waals surface area contributed by atoms with Crippen LogP contribution in [0, 0.1) is 0 Å². The monoisotopic (exact) mass is 389 g/mol. The normalized spacial score (nSPS) is 15.9. The Morgan fingerprint density at radius 2 is 1.79 bits per heavy atom. The second kappa shape index (κ2) is 7.37. The Morgan fingerprint density at radius 1 is 1.00 bits per heavy atom. The van der Waals surface area contributed by atoms with Gasteiger partial charge in [0.25, 0.3) is 0 Å². The lowest BCUT2D eigenvalue weighted by atomic mass is 10.0. The van der Waals surface area contributed by atoms with Crippen LogP contribution in [0.4, 0.5) is 0 Å². The molecular formula is C22H23N5S. The van der Waals surface area contributed by atoms with Crippen LogP contribution in [0.3, 0.4) is 0 Å². The molecule has 4 heterocycles. The summed E-state index contributed by atoms with van der Waals surface area (Å²) in [4.78, 5) is 9.72. The maximum absolute atomic E-state index is 4.86. The van der Waals surface area contributed by atoms with Crippen molar-refractivity contribution in [2.75, 3.05) is 20.1 Å². The zero-order valence-corrected chi connectivity index (χ0v) is 16.7. The number of imidazole rings is 1. The highest BCUT2D eigenvalue weighted by Gasteiger charge is 2.24. The Hall–Kier alpha value is -2.70. The lowest BCUT2D eigenvalue weighted by Crippen LogP contribution is -2.31. The van der Waals surface area contributed by atoms with Crippen molar-refractivity contribution in [1.29, 1.82) is 0 Å². The first kappa shape index (κ1) is 17.4. The number of likely N-dealkylation sites (tertiary alicyclic amines) is 1. The summed E-state index contributed by atoms with van der Waals surface area (Å²) in [6.07, 6.45) is 6.16. The topological polar surface area (TPSA) is 49.7 Å². The molecular weight excluding hydrogens is 366 g/mol. The molecule has 0 atom stereocenters. The SMILES string of the molecule is CN1CCC(n2cnc(-c3ccccc3)c2-c2ccc(-c3ccn[nH]3)s2)CC1. The molecule has 0 amide bonds. The van der Waals surface area contributed by atoms with Gasteiger partial charge in [-0.05, 0) is 51.2 Å². The predicted molar refractivity (Wildman–Crippen MR) is 114 cm³/mol. The van der Waals surface area contributed by atoms with Gasteiger partial charge >= 0.3 is 0 Å². The van der Waals surface area contributed by atoms with Gasteiger partial charge in [-0.3, -0.25) is 5.10 Å². The quantitative estimate of drug-likeness (QED) is 0.538. The molecule has 1 fully saturated rings. The van der Waals surface area contributed by atoms with Crippen molar-refractivity contribution >= 4 is 11.3 Å². The van der Waals surface area contributed by atoms with Crippen molar-refractivity contribution in [1.82, 2.24) is 24.6 Å². The van der Waals surface area contributed by atoms with Crippen LogP contribution < -0.4 is 0 Å². The number of piperidine rings is 1. The smallest absolute Gasteiger partial charge is 0.0971 e. The van der Waals surface area contributed by atoms with E-state index in [1.54, 1.807) is 17.5 Å². The van der Waals surface area contributed by atoms with Crippen LogP contribution in [0.5, 0.6) is 0 Å². The Labute approximate surface area is 168 Å². The molecule has 1 aliphatic rings. The molecule has 0 saturated carbocycles. The van der Waals surface area contributed by atoms with E-state index < -0.39 is 0 Å². The summed E-state index contributed by atoms with van der Waals surface area (Å²) < 4.78 is 2.41. The zero-order valence-electron chi connectivity index (χ0n) is 15.9. The average molecular weight is 390 g/mol. The van der Waals surface area contributed by atoms with Crippen molar-refractivity contribution in [3.8, 4) is 32.4 Å². The van der Waals surface area contributed by atoms with Gasteiger partial charge in [0.05, 0.1) is 33.2 Å². The summed E-state index contributed by atoms with van der Waals surface area (Å²) in [6.45, 7) is 2.26. The molecule has 0 aliphatic carbocycles. The molecule has 1 aliphatic heterocycles. The van der Waals surface area contributed by atoms with Crippen LogP contribution in [0.2, 0.25) is 0 Å². The lowest BCUT2D eigenvalue weighted by Gasteiger charge is -2.30. The molecule has 5 nitrogen and oxygen atoms in total. The second-order valence-corrected chi connectivity index (χ2v) is 8.47. The number of rotatable bonds is 4. The van der Waals surface area contributed by atoms with Gasteiger partial charge in [-0.1, -0.05) is 30.3 Å². The molecule has 4 aromatic rings. The van der Waals surface area contributed by atoms with Gasteiger partial charge in [0.15, 0.2) is 0 Å². The van der Waals surface area contributed by atoms with Gasteiger partial charge in [-0.25, -0.2) is 4.98 Å². The Bertz CT molecular complexity index is 1040. The first-order chi connectivity index (χ1) is 13.8. The highest BCUT2D eigenvalue weighted by atomic mass is 32.1. The third kappa shape index (κ3) is 3.19. The molecule has 0 unspecified atom stereocenters. The number of nitrogens with zero attached hydrogens (tertiary/aromatic N) is 4. The van der Waals surface area contributed by atoms with Crippen LogP contribution >= 0.6 is 11.3 Å². The number of aromatic amines is 1. The molecule has 1 aromatic carbocycles. The van der Waals surface area contributed by atoms with Crippen molar-refractivity contribution in [3.05, 3.63) is 61.1 Å². The molecule has 5 rings (SSSR count). The van der Waals surface area contributed by atoms with E-state index in [1.807, 2.05) is 12.4 Å². The Balaban J connectivity index is 1.60. The van der Waals surface area contributed by atoms with E-state index in [4.69, 9.17) is 4.98 Å². The fourth-order valence-corrected chi connectivity index (χ4v) is 5.00. The van der Waals surface area contributed by atoms with Crippen LogP contribution in [0.15, 0.2) is 61.1 Å². The fraction of sp³-hybridized carbons (Fsp3) is 0.273. The van der Waals surface area contributed by atoms with Crippen molar-refractivity contribution in [3.63, 3.8) is 0 Å². The molecule has 28 heavy (non-hydrogen) atoms. The molecule has 142 valence electrons. The average Bonchev–Trinajstić information content (AvgIpc) is 3.48. The van der Waals surface area contributed by atoms with E-state index in [9.17, 15) is 0 Å². The number of benzene rings is 1. The maximum Gasteiger partial charge on any atom is 0.0971 e. The Morgan fingerprint density at radius 3 is 2.54 bits per heavy atom. The molecule has 0 spiro atoms. The summed E-state index contributed by atoms with van der Waals surface area (Å²) in [5.74, 6) is 0. The maximum atomic E-state index is 4.86. The summed E-state index contributed by atoms with van der Waals surface area (Å²) in [6, 6.07) is 17.4. The number of thiophene rings is 1. The summed E-state index contributed by atoms with van der Waals surface area (Å²) in [5, 5.41) is 7.17. The molecule has 0 radical (unpaired) electrons. The summed E-state index contributed by atoms with van der Waals surface area (Å²) in [5.41, 5.74) is 4.53. The van der Waals surface area contributed by atoms with Gasteiger partial charge in [0.1, 0.15) is 0 Å². The van der Waals surface area contributed by atoms with E-state index in [-0.39, 0.29) is 0 Å². The summed E-state index contributed by atoms with van der Waals surface area (Å²) >= 11 is 1.79. The minimum atomic E-state index is 0.494. The van der Waals surface area contributed by atoms with Crippen LogP contribution in [0.1, 0.15) is 18.9 Å². The number of nitrogens with one attached hydrogen (secondary N) is 1. The van der Waals surface area contributed by atoms with E-state index in [0.29, 0.717) is 6.04 Å². The van der Waals surface area contributed by atoms with Crippen LogP contribution in [0.25, 0.3) is 32.4 Å². The number of aromatic nitrogens is 4. The second-order valence-electron chi connectivity index (χ2n) is 7.38. The zero-order chi connectivity index (χ0) is 18.9. The minimum Gasteiger partial charge on any atom is -0.326 e. The third-order valence-electron chi connectivity index (χ3n) is 5.53. The van der Waals surface area contributed by atoms with Crippen molar-refractivity contribution < 1.29 is 0 Å². The first-order valence-electron chi connectivity index (χ1n) is 9.70. The minimum absolute atomic E-state index is 0.494. The molecule has 0 bridgehead atoms. The first-order valence-corrected chi connectivity index (χ1v) is 10.5. The standard InChI is InChI=1S/C22H23N5S/c1-26-13-10-17(11-14-26)27-15-23-21(16-5-3-2-4-6-16)22(27)20-8-7-19(28-20)18-9-12-24-25-18/h2-9,12,15,17H,10-11,13-14H2,1H3,(H,24,25). The van der Waals surface area contributed by atoms with Crippen molar-refractivity contribution in [2.45, 2.75) is 18.9 Å².